The lowest BCUT2D eigenvalue weighted by atomic mass is 9.66. The maximum absolute atomic E-state index is 14.6. The number of carbonyl (C=O) groups excluding carboxylic acids is 3. The summed E-state index contributed by atoms with van der Waals surface area (Å²) < 4.78 is 4.63. The number of aliphatic hydroxyl groups is 1. The van der Waals surface area contributed by atoms with Crippen LogP contribution in [-0.4, -0.2) is 69.6 Å². The minimum Gasteiger partial charge on any atom is -0.466 e. The number of likely N-dealkylation sites (tertiary alicyclic amines) is 1. The summed E-state index contributed by atoms with van der Waals surface area (Å²) in [5.41, 5.74) is 0.722. The summed E-state index contributed by atoms with van der Waals surface area (Å²) in [6.07, 6.45) is 2.42. The van der Waals surface area contributed by atoms with Crippen LogP contribution in [0.25, 0.3) is 10.8 Å². The van der Waals surface area contributed by atoms with Crippen LogP contribution in [0.4, 0.5) is 5.69 Å². The summed E-state index contributed by atoms with van der Waals surface area (Å²) in [5.74, 6) is -2.03. The van der Waals surface area contributed by atoms with E-state index >= 15 is 0 Å². The molecule has 8 heteroatoms. The first-order chi connectivity index (χ1) is 17.8. The minimum atomic E-state index is -0.817. The Kier molecular flexibility index (Phi) is 6.83. The molecule has 3 aliphatic heterocycles. The van der Waals surface area contributed by atoms with E-state index in [1.54, 1.807) is 41.5 Å². The van der Waals surface area contributed by atoms with Gasteiger partial charge in [0.1, 0.15) is 6.04 Å². The zero-order chi connectivity index (χ0) is 26.5. The van der Waals surface area contributed by atoms with Crippen molar-refractivity contribution in [1.29, 1.82) is 0 Å². The highest BCUT2D eigenvalue weighted by Crippen LogP contribution is 2.69. The molecule has 3 fully saturated rings. The van der Waals surface area contributed by atoms with Crippen molar-refractivity contribution >= 4 is 46.0 Å². The summed E-state index contributed by atoms with van der Waals surface area (Å²) in [6, 6.07) is 12.4. The molecule has 3 saturated heterocycles. The molecule has 1 N–H and O–H groups in total. The fourth-order valence-electron chi connectivity index (χ4n) is 6.75. The number of benzene rings is 2. The second-order valence-corrected chi connectivity index (χ2v) is 11.9. The number of thioether (sulfide) groups is 1. The molecular formula is C29H34N2O5S. The fraction of sp³-hybridized carbons (Fsp3) is 0.483. The van der Waals surface area contributed by atoms with Crippen molar-refractivity contribution in [3.05, 3.63) is 55.1 Å². The van der Waals surface area contributed by atoms with Gasteiger partial charge in [-0.15, -0.1) is 18.3 Å². The quantitative estimate of drug-likeness (QED) is 0.421. The topological polar surface area (TPSA) is 87.2 Å². The molecule has 5 rings (SSSR count). The monoisotopic (exact) mass is 522 g/mol. The van der Waals surface area contributed by atoms with Crippen LogP contribution in [0.1, 0.15) is 27.2 Å². The molecule has 3 aliphatic rings. The van der Waals surface area contributed by atoms with Gasteiger partial charge < -0.3 is 19.6 Å². The van der Waals surface area contributed by atoms with Crippen LogP contribution in [-0.2, 0) is 19.1 Å². The van der Waals surface area contributed by atoms with Crippen LogP contribution < -0.4 is 4.90 Å². The Morgan fingerprint density at radius 1 is 1.30 bits per heavy atom. The Labute approximate surface area is 221 Å². The molecule has 196 valence electrons. The second-order valence-electron chi connectivity index (χ2n) is 10.4. The van der Waals surface area contributed by atoms with Crippen LogP contribution in [0.5, 0.6) is 0 Å². The van der Waals surface area contributed by atoms with E-state index < -0.39 is 28.7 Å². The van der Waals surface area contributed by atoms with E-state index in [9.17, 15) is 19.5 Å². The van der Waals surface area contributed by atoms with Gasteiger partial charge in [-0.25, -0.2) is 0 Å². The first-order valence-electron chi connectivity index (χ1n) is 13.0. The molecule has 0 aromatic heterocycles. The fourth-order valence-corrected chi connectivity index (χ4v) is 9.14. The van der Waals surface area contributed by atoms with Gasteiger partial charge in [-0.2, -0.15) is 0 Å². The molecule has 0 aliphatic carbocycles. The van der Waals surface area contributed by atoms with E-state index in [4.69, 9.17) is 4.74 Å². The highest BCUT2D eigenvalue weighted by molar-refractivity contribution is 8.02. The Morgan fingerprint density at radius 2 is 2.03 bits per heavy atom. The molecule has 3 heterocycles. The van der Waals surface area contributed by atoms with Crippen LogP contribution in [0.3, 0.4) is 0 Å². The summed E-state index contributed by atoms with van der Waals surface area (Å²) in [5, 5.41) is 12.1. The number of nitrogens with zero attached hydrogens (tertiary/aromatic N) is 2. The Balaban J connectivity index is 1.62. The molecule has 3 unspecified atom stereocenters. The molecule has 2 aromatic rings. The zero-order valence-corrected chi connectivity index (χ0v) is 22.3. The lowest BCUT2D eigenvalue weighted by Crippen LogP contribution is -2.59. The predicted molar refractivity (Wildman–Crippen MR) is 145 cm³/mol. The van der Waals surface area contributed by atoms with Gasteiger partial charge in [0.2, 0.25) is 5.91 Å². The van der Waals surface area contributed by atoms with E-state index in [-0.39, 0.29) is 48.7 Å². The Hall–Kier alpha value is -2.84. The van der Waals surface area contributed by atoms with E-state index in [1.807, 2.05) is 42.5 Å². The number of carbonyl (C=O) groups is 3. The van der Waals surface area contributed by atoms with Crippen molar-refractivity contribution in [2.45, 2.75) is 49.3 Å². The van der Waals surface area contributed by atoms with Crippen molar-refractivity contribution in [3.63, 3.8) is 0 Å². The highest BCUT2D eigenvalue weighted by atomic mass is 32.2. The zero-order valence-electron chi connectivity index (χ0n) is 21.5. The molecule has 2 amide bonds. The summed E-state index contributed by atoms with van der Waals surface area (Å²) in [7, 11) is 0. The van der Waals surface area contributed by atoms with Crippen molar-refractivity contribution in [2.75, 3.05) is 24.7 Å². The number of esters is 1. The van der Waals surface area contributed by atoms with Crippen LogP contribution >= 0.6 is 11.8 Å². The number of amides is 2. The standard InChI is InChI=1S/C29H34N2O5S/c1-5-13-30(21-12-11-19-9-7-8-10-20(19)15-21)27(34)25-29-17(3)14-22(37-29)23(28(35)36-6-2)24(29)26(33)31(25)18(4)16-32/h5,7-12,15,17-18,22-25,32H,1,6,13-14,16H2,2-4H3/t17?,18-,22+,23-,24+,25?,29?/m1/s1. The maximum Gasteiger partial charge on any atom is 0.310 e. The number of rotatable bonds is 8. The summed E-state index contributed by atoms with van der Waals surface area (Å²) in [6.45, 7) is 9.72. The van der Waals surface area contributed by atoms with Crippen molar-refractivity contribution in [3.8, 4) is 0 Å². The normalized spacial score (nSPS) is 30.9. The number of anilines is 1. The van der Waals surface area contributed by atoms with Gasteiger partial charge in [0, 0.05) is 17.5 Å². The Bertz CT molecular complexity index is 1250. The van der Waals surface area contributed by atoms with E-state index in [2.05, 4.69) is 13.5 Å². The van der Waals surface area contributed by atoms with E-state index in [0.717, 1.165) is 22.9 Å². The minimum absolute atomic E-state index is 0.0363. The largest absolute Gasteiger partial charge is 0.466 e. The molecule has 0 radical (unpaired) electrons. The molecule has 7 atom stereocenters. The highest BCUT2D eigenvalue weighted by Gasteiger charge is 2.77. The number of aliphatic hydroxyl groups excluding tert-OH is 1. The van der Waals surface area contributed by atoms with Crippen molar-refractivity contribution in [2.24, 2.45) is 17.8 Å². The number of ether oxygens (including phenoxy) is 1. The molecule has 1 spiro atoms. The third-order valence-electron chi connectivity index (χ3n) is 8.34. The second kappa shape index (κ2) is 9.80. The maximum atomic E-state index is 14.6. The van der Waals surface area contributed by atoms with E-state index in [0.29, 0.717) is 0 Å². The van der Waals surface area contributed by atoms with Gasteiger partial charge in [-0.1, -0.05) is 43.3 Å². The molecular weight excluding hydrogens is 488 g/mol. The van der Waals surface area contributed by atoms with Gasteiger partial charge in [-0.3, -0.25) is 14.4 Å². The van der Waals surface area contributed by atoms with Gasteiger partial charge in [-0.05, 0) is 49.1 Å². The van der Waals surface area contributed by atoms with Crippen LogP contribution in [0, 0.1) is 17.8 Å². The lowest BCUT2D eigenvalue weighted by Gasteiger charge is -2.41. The van der Waals surface area contributed by atoms with Crippen LogP contribution in [0.15, 0.2) is 55.1 Å². The Morgan fingerprint density at radius 3 is 2.70 bits per heavy atom. The lowest BCUT2D eigenvalue weighted by molar-refractivity contribution is -0.154. The number of hydrogen-bond donors (Lipinski definition) is 1. The van der Waals surface area contributed by atoms with Gasteiger partial charge in [0.15, 0.2) is 0 Å². The van der Waals surface area contributed by atoms with Crippen LogP contribution in [0.2, 0.25) is 0 Å². The third-order valence-corrected chi connectivity index (χ3v) is 10.4. The molecule has 2 aromatic carbocycles. The molecule has 0 saturated carbocycles. The summed E-state index contributed by atoms with van der Waals surface area (Å²) in [4.78, 5) is 44.9. The number of hydrogen-bond acceptors (Lipinski definition) is 6. The first-order valence-corrected chi connectivity index (χ1v) is 13.9. The molecule has 37 heavy (non-hydrogen) atoms. The average Bonchev–Trinajstić information content (AvgIpc) is 3.50. The molecule has 2 bridgehead atoms. The third kappa shape index (κ3) is 3.79. The number of fused-ring (bicyclic) bond motifs is 2. The van der Waals surface area contributed by atoms with Gasteiger partial charge in [0.25, 0.3) is 5.91 Å². The van der Waals surface area contributed by atoms with Gasteiger partial charge >= 0.3 is 5.97 Å². The van der Waals surface area contributed by atoms with Crippen molar-refractivity contribution in [1.82, 2.24) is 4.90 Å². The molecule has 7 nitrogen and oxygen atoms in total. The first kappa shape index (κ1) is 25.8. The smallest absolute Gasteiger partial charge is 0.310 e. The van der Waals surface area contributed by atoms with Gasteiger partial charge in [0.05, 0.1) is 35.8 Å². The predicted octanol–water partition coefficient (Wildman–Crippen LogP) is 3.64. The van der Waals surface area contributed by atoms with E-state index in [1.165, 1.54) is 0 Å². The average molecular weight is 523 g/mol. The van der Waals surface area contributed by atoms with Crippen molar-refractivity contribution < 1.29 is 24.2 Å². The SMILES string of the molecule is C=CCN(C(=O)C1N([C@H](C)CO)C(=O)[C@@H]2[C@H](C(=O)OCC)[C@@H]3CC(C)C12S3)c1ccc2ccccc2c1. The summed E-state index contributed by atoms with van der Waals surface area (Å²) >= 11 is 1.61.